The van der Waals surface area contributed by atoms with E-state index in [0.717, 1.165) is 12.8 Å². The number of carbonyl (C=O) groups is 1. The molecular formula is C16H16ClN3O2. The Labute approximate surface area is 133 Å². The van der Waals surface area contributed by atoms with E-state index in [9.17, 15) is 4.79 Å². The first-order chi connectivity index (χ1) is 10.7. The number of ether oxygens (including phenoxy) is 1. The summed E-state index contributed by atoms with van der Waals surface area (Å²) in [6.07, 6.45) is 4.80. The van der Waals surface area contributed by atoms with Crippen molar-refractivity contribution in [1.29, 1.82) is 0 Å². The molecule has 1 fully saturated rings. The highest BCUT2D eigenvalue weighted by Crippen LogP contribution is 2.19. The van der Waals surface area contributed by atoms with E-state index in [1.54, 1.807) is 36.5 Å². The molecule has 0 aliphatic carbocycles. The van der Waals surface area contributed by atoms with Gasteiger partial charge in [0.1, 0.15) is 12.4 Å². The molecule has 0 unspecified atom stereocenters. The van der Waals surface area contributed by atoms with Gasteiger partial charge in [-0.25, -0.2) is 9.97 Å². The van der Waals surface area contributed by atoms with Gasteiger partial charge in [-0.05, 0) is 24.3 Å². The molecule has 0 spiro atoms. The second-order valence-electron chi connectivity index (χ2n) is 5.16. The molecule has 0 N–H and O–H groups in total. The molecule has 1 saturated heterocycles. The maximum Gasteiger partial charge on any atom is 0.253 e. The summed E-state index contributed by atoms with van der Waals surface area (Å²) in [7, 11) is 0. The minimum Gasteiger partial charge on any atom is -0.474 e. The molecule has 1 aromatic carbocycles. The van der Waals surface area contributed by atoms with Crippen molar-refractivity contribution in [3.8, 4) is 5.88 Å². The zero-order chi connectivity index (χ0) is 15.4. The lowest BCUT2D eigenvalue weighted by atomic mass is 10.1. The van der Waals surface area contributed by atoms with Crippen LogP contribution < -0.4 is 4.74 Å². The summed E-state index contributed by atoms with van der Waals surface area (Å²) in [4.78, 5) is 22.2. The number of halogens is 1. The molecule has 0 radical (unpaired) electrons. The van der Waals surface area contributed by atoms with Gasteiger partial charge in [-0.2, -0.15) is 0 Å². The molecular weight excluding hydrogens is 302 g/mol. The van der Waals surface area contributed by atoms with Crippen LogP contribution in [-0.4, -0.2) is 40.0 Å². The Morgan fingerprint density at radius 3 is 2.55 bits per heavy atom. The van der Waals surface area contributed by atoms with Crippen molar-refractivity contribution >= 4 is 17.5 Å². The molecule has 1 aromatic heterocycles. The molecule has 1 aliphatic rings. The second kappa shape index (κ2) is 6.75. The number of likely N-dealkylation sites (tertiary alicyclic amines) is 1. The lowest BCUT2D eigenvalue weighted by molar-refractivity contribution is 0.0587. The van der Waals surface area contributed by atoms with Crippen molar-refractivity contribution in [2.24, 2.45) is 0 Å². The van der Waals surface area contributed by atoms with E-state index in [2.05, 4.69) is 9.97 Å². The summed E-state index contributed by atoms with van der Waals surface area (Å²) < 4.78 is 5.80. The fourth-order valence-corrected chi connectivity index (χ4v) is 2.60. The molecule has 1 amide bonds. The van der Waals surface area contributed by atoms with Gasteiger partial charge < -0.3 is 9.64 Å². The van der Waals surface area contributed by atoms with Crippen LogP contribution in [-0.2, 0) is 0 Å². The van der Waals surface area contributed by atoms with Crippen LogP contribution in [0.5, 0.6) is 5.88 Å². The Bertz CT molecular complexity index is 626. The number of aromatic nitrogens is 2. The van der Waals surface area contributed by atoms with Gasteiger partial charge in [-0.1, -0.05) is 11.6 Å². The van der Waals surface area contributed by atoms with Crippen LogP contribution >= 0.6 is 11.6 Å². The molecule has 1 aliphatic heterocycles. The number of nitrogens with zero attached hydrogens (tertiary/aromatic N) is 3. The minimum absolute atomic E-state index is 0.0390. The normalized spacial score (nSPS) is 15.6. The quantitative estimate of drug-likeness (QED) is 0.873. The summed E-state index contributed by atoms with van der Waals surface area (Å²) >= 11 is 5.85. The fraction of sp³-hybridized carbons (Fsp3) is 0.312. The number of carbonyl (C=O) groups excluding carboxylic acids is 1. The summed E-state index contributed by atoms with van der Waals surface area (Å²) in [5.41, 5.74) is 0.666. The van der Waals surface area contributed by atoms with Crippen LogP contribution in [0, 0.1) is 0 Å². The van der Waals surface area contributed by atoms with Crippen molar-refractivity contribution in [3.05, 3.63) is 53.4 Å². The second-order valence-corrected chi connectivity index (χ2v) is 5.60. The Balaban J connectivity index is 1.55. The van der Waals surface area contributed by atoms with Crippen molar-refractivity contribution in [3.63, 3.8) is 0 Å². The average Bonchev–Trinajstić information content (AvgIpc) is 2.57. The summed E-state index contributed by atoms with van der Waals surface area (Å²) in [6.45, 7) is 1.36. The zero-order valence-electron chi connectivity index (χ0n) is 12.0. The summed E-state index contributed by atoms with van der Waals surface area (Å²) in [5, 5.41) is 0.633. The monoisotopic (exact) mass is 317 g/mol. The molecule has 3 rings (SSSR count). The van der Waals surface area contributed by atoms with Crippen LogP contribution in [0.1, 0.15) is 23.2 Å². The van der Waals surface area contributed by atoms with Crippen molar-refractivity contribution in [1.82, 2.24) is 14.9 Å². The molecule has 114 valence electrons. The van der Waals surface area contributed by atoms with Gasteiger partial charge in [0, 0.05) is 48.8 Å². The van der Waals surface area contributed by atoms with E-state index >= 15 is 0 Å². The number of benzene rings is 1. The van der Waals surface area contributed by atoms with Crippen LogP contribution in [0.3, 0.4) is 0 Å². The maximum atomic E-state index is 12.4. The van der Waals surface area contributed by atoms with Crippen molar-refractivity contribution in [2.45, 2.75) is 18.9 Å². The van der Waals surface area contributed by atoms with Gasteiger partial charge in [0.15, 0.2) is 0 Å². The van der Waals surface area contributed by atoms with E-state index in [0.29, 0.717) is 29.6 Å². The smallest absolute Gasteiger partial charge is 0.253 e. The molecule has 0 atom stereocenters. The van der Waals surface area contributed by atoms with Crippen LogP contribution in [0.15, 0.2) is 42.9 Å². The number of piperidine rings is 1. The number of amides is 1. The maximum absolute atomic E-state index is 12.4. The summed E-state index contributed by atoms with van der Waals surface area (Å²) in [5.74, 6) is 0.620. The summed E-state index contributed by atoms with van der Waals surface area (Å²) in [6, 6.07) is 8.73. The van der Waals surface area contributed by atoms with Gasteiger partial charge in [-0.15, -0.1) is 0 Å². The van der Waals surface area contributed by atoms with Crippen LogP contribution in [0.25, 0.3) is 0 Å². The number of hydrogen-bond acceptors (Lipinski definition) is 4. The van der Waals surface area contributed by atoms with E-state index in [-0.39, 0.29) is 12.0 Å². The predicted molar refractivity (Wildman–Crippen MR) is 83.0 cm³/mol. The zero-order valence-corrected chi connectivity index (χ0v) is 12.7. The molecule has 0 bridgehead atoms. The molecule has 2 aromatic rings. The molecule has 2 heterocycles. The average molecular weight is 318 g/mol. The van der Waals surface area contributed by atoms with E-state index in [4.69, 9.17) is 16.3 Å². The first-order valence-electron chi connectivity index (χ1n) is 7.20. The highest BCUT2D eigenvalue weighted by atomic mass is 35.5. The largest absolute Gasteiger partial charge is 0.474 e. The Kier molecular flexibility index (Phi) is 4.53. The third-order valence-corrected chi connectivity index (χ3v) is 3.91. The highest BCUT2D eigenvalue weighted by Gasteiger charge is 2.24. The lowest BCUT2D eigenvalue weighted by Crippen LogP contribution is -2.41. The third kappa shape index (κ3) is 3.54. The van der Waals surface area contributed by atoms with Crippen LogP contribution in [0.2, 0.25) is 5.02 Å². The van der Waals surface area contributed by atoms with E-state index in [1.807, 2.05) is 4.90 Å². The number of hydrogen-bond donors (Lipinski definition) is 0. The molecule has 22 heavy (non-hydrogen) atoms. The Morgan fingerprint density at radius 2 is 1.91 bits per heavy atom. The van der Waals surface area contributed by atoms with Crippen molar-refractivity contribution < 1.29 is 9.53 Å². The minimum atomic E-state index is 0.0390. The molecule has 0 saturated carbocycles. The standard InChI is InChI=1S/C16H16ClN3O2/c17-13-3-1-12(2-4-13)16(21)20-9-6-14(7-10-20)22-15-5-8-18-11-19-15/h1-5,8,11,14H,6-7,9-10H2. The highest BCUT2D eigenvalue weighted by molar-refractivity contribution is 6.30. The first-order valence-corrected chi connectivity index (χ1v) is 7.58. The van der Waals surface area contributed by atoms with E-state index in [1.165, 1.54) is 6.33 Å². The van der Waals surface area contributed by atoms with Crippen molar-refractivity contribution in [2.75, 3.05) is 13.1 Å². The van der Waals surface area contributed by atoms with Gasteiger partial charge in [0.05, 0.1) is 0 Å². The first kappa shape index (κ1) is 14.8. The Morgan fingerprint density at radius 1 is 1.18 bits per heavy atom. The van der Waals surface area contributed by atoms with Crippen LogP contribution in [0.4, 0.5) is 0 Å². The Hall–Kier alpha value is -2.14. The van der Waals surface area contributed by atoms with E-state index < -0.39 is 0 Å². The fourth-order valence-electron chi connectivity index (χ4n) is 2.47. The van der Waals surface area contributed by atoms with Gasteiger partial charge in [-0.3, -0.25) is 4.79 Å². The molecule has 5 nitrogen and oxygen atoms in total. The van der Waals surface area contributed by atoms with Gasteiger partial charge in [0.25, 0.3) is 5.91 Å². The van der Waals surface area contributed by atoms with Gasteiger partial charge >= 0.3 is 0 Å². The molecule has 6 heteroatoms. The topological polar surface area (TPSA) is 55.3 Å². The predicted octanol–water partition coefficient (Wildman–Crippen LogP) is 2.81. The number of rotatable bonds is 3. The third-order valence-electron chi connectivity index (χ3n) is 3.66. The lowest BCUT2D eigenvalue weighted by Gasteiger charge is -2.32. The SMILES string of the molecule is O=C(c1ccc(Cl)cc1)N1CCC(Oc2ccncn2)CC1. The van der Waals surface area contributed by atoms with Gasteiger partial charge in [0.2, 0.25) is 5.88 Å².